The van der Waals surface area contributed by atoms with Crippen molar-refractivity contribution < 1.29 is 0 Å². The predicted octanol–water partition coefficient (Wildman–Crippen LogP) is 3.43. The number of nitrogens with one attached hydrogen (secondary N) is 2. The number of aryl methyl sites for hydroxylation is 1. The van der Waals surface area contributed by atoms with Crippen LogP contribution in [0.2, 0.25) is 5.02 Å². The van der Waals surface area contributed by atoms with Gasteiger partial charge < -0.3 is 10.6 Å². The molecule has 2 N–H and O–H groups in total. The minimum absolute atomic E-state index is 0.187. The molecule has 0 unspecified atom stereocenters. The van der Waals surface area contributed by atoms with Crippen LogP contribution in [0.25, 0.3) is 5.69 Å². The maximum atomic E-state index is 12.1. The molecule has 7 nitrogen and oxygen atoms in total. The first-order chi connectivity index (χ1) is 13.6. The van der Waals surface area contributed by atoms with Crippen molar-refractivity contribution in [3.8, 4) is 5.69 Å². The molecule has 28 heavy (non-hydrogen) atoms. The Morgan fingerprint density at radius 3 is 2.43 bits per heavy atom. The molecule has 1 aliphatic rings. The minimum Gasteiger partial charge on any atom is -0.367 e. The summed E-state index contributed by atoms with van der Waals surface area (Å²) in [5, 5.41) is 7.10. The van der Waals surface area contributed by atoms with Gasteiger partial charge in [-0.2, -0.15) is 0 Å². The van der Waals surface area contributed by atoms with Crippen LogP contribution in [0.4, 0.5) is 11.6 Å². The Hall–Kier alpha value is -2.93. The van der Waals surface area contributed by atoms with Crippen molar-refractivity contribution >= 4 is 23.2 Å². The molecule has 0 bridgehead atoms. The van der Waals surface area contributed by atoms with Crippen LogP contribution < -0.4 is 16.2 Å². The van der Waals surface area contributed by atoms with Crippen molar-refractivity contribution in [3.05, 3.63) is 70.1 Å². The highest BCUT2D eigenvalue weighted by Crippen LogP contribution is 2.25. The molecular formula is C20H21ClN6O. The fraction of sp³-hybridized carbons (Fsp3) is 0.300. The van der Waals surface area contributed by atoms with Gasteiger partial charge in [-0.3, -0.25) is 14.3 Å². The van der Waals surface area contributed by atoms with Gasteiger partial charge in [0.2, 0.25) is 0 Å². The molecule has 0 saturated heterocycles. The van der Waals surface area contributed by atoms with Crippen molar-refractivity contribution in [1.29, 1.82) is 0 Å². The van der Waals surface area contributed by atoms with E-state index in [1.165, 1.54) is 4.57 Å². The summed E-state index contributed by atoms with van der Waals surface area (Å²) in [5.74, 6) is 1.60. The van der Waals surface area contributed by atoms with Gasteiger partial charge in [0.1, 0.15) is 16.7 Å². The smallest absolute Gasteiger partial charge is 0.273 e. The van der Waals surface area contributed by atoms with Crippen molar-refractivity contribution in [2.75, 3.05) is 10.6 Å². The van der Waals surface area contributed by atoms with Gasteiger partial charge in [0.05, 0.1) is 30.0 Å². The van der Waals surface area contributed by atoms with Gasteiger partial charge >= 0.3 is 0 Å². The predicted molar refractivity (Wildman–Crippen MR) is 110 cm³/mol. The van der Waals surface area contributed by atoms with Gasteiger partial charge in [0.25, 0.3) is 5.56 Å². The van der Waals surface area contributed by atoms with Crippen LogP contribution in [0.3, 0.4) is 0 Å². The lowest BCUT2D eigenvalue weighted by molar-refractivity contribution is 0.719. The van der Waals surface area contributed by atoms with E-state index in [2.05, 4.69) is 25.6 Å². The number of rotatable bonds is 5. The highest BCUT2D eigenvalue weighted by molar-refractivity contribution is 6.30. The quantitative estimate of drug-likeness (QED) is 0.687. The highest BCUT2D eigenvalue weighted by atomic mass is 35.5. The third-order valence-electron chi connectivity index (χ3n) is 4.84. The van der Waals surface area contributed by atoms with E-state index in [1.54, 1.807) is 36.9 Å². The topological polar surface area (TPSA) is 84.7 Å². The normalized spacial score (nSPS) is 18.8. The second kappa shape index (κ2) is 7.98. The van der Waals surface area contributed by atoms with Gasteiger partial charge in [0, 0.05) is 18.3 Å². The minimum atomic E-state index is -0.254. The number of halogens is 1. The molecule has 1 aliphatic carbocycles. The van der Waals surface area contributed by atoms with Crippen LogP contribution in [0.5, 0.6) is 0 Å². The Morgan fingerprint density at radius 2 is 1.75 bits per heavy atom. The van der Waals surface area contributed by atoms with E-state index in [0.29, 0.717) is 17.8 Å². The number of aromatic nitrogens is 4. The maximum absolute atomic E-state index is 12.1. The van der Waals surface area contributed by atoms with E-state index in [1.807, 2.05) is 19.1 Å². The molecule has 4 rings (SSSR count). The third kappa shape index (κ3) is 4.14. The first-order valence-corrected chi connectivity index (χ1v) is 9.61. The number of nitrogens with zero attached hydrogens (tertiary/aromatic N) is 4. The van der Waals surface area contributed by atoms with Gasteiger partial charge in [-0.1, -0.05) is 11.6 Å². The molecule has 2 atom stereocenters. The van der Waals surface area contributed by atoms with Gasteiger partial charge in [-0.05, 0) is 50.5 Å². The fourth-order valence-corrected chi connectivity index (χ4v) is 3.58. The van der Waals surface area contributed by atoms with Gasteiger partial charge in [-0.15, -0.1) is 0 Å². The monoisotopic (exact) mass is 396 g/mol. The largest absolute Gasteiger partial charge is 0.367 e. The Labute approximate surface area is 167 Å². The number of pyridine rings is 2. The SMILES string of the molecule is Cc1cnc(N[C@H]2CC[C@H](Nc3ccc(-n4cccc(Cl)c4=O)cn3)C2)cn1. The van der Waals surface area contributed by atoms with Crippen molar-refractivity contribution in [3.63, 3.8) is 0 Å². The highest BCUT2D eigenvalue weighted by Gasteiger charge is 2.25. The summed E-state index contributed by atoms with van der Waals surface area (Å²) in [4.78, 5) is 25.2. The lowest BCUT2D eigenvalue weighted by atomic mass is 10.2. The fourth-order valence-electron chi connectivity index (χ4n) is 3.41. The summed E-state index contributed by atoms with van der Waals surface area (Å²) in [7, 11) is 0. The van der Waals surface area contributed by atoms with Crippen LogP contribution in [0, 0.1) is 6.92 Å². The van der Waals surface area contributed by atoms with E-state index in [4.69, 9.17) is 11.6 Å². The Kier molecular flexibility index (Phi) is 5.25. The second-order valence-corrected chi connectivity index (χ2v) is 7.38. The van der Waals surface area contributed by atoms with Crippen LogP contribution in [0.15, 0.2) is 53.8 Å². The first-order valence-electron chi connectivity index (χ1n) is 9.24. The molecule has 3 heterocycles. The van der Waals surface area contributed by atoms with Crippen LogP contribution >= 0.6 is 11.6 Å². The molecule has 1 fully saturated rings. The molecular weight excluding hydrogens is 376 g/mol. The van der Waals surface area contributed by atoms with Gasteiger partial charge in [0.15, 0.2) is 0 Å². The van der Waals surface area contributed by atoms with Crippen molar-refractivity contribution in [2.45, 2.75) is 38.3 Å². The lowest BCUT2D eigenvalue weighted by Crippen LogP contribution is -2.22. The number of hydrogen-bond donors (Lipinski definition) is 2. The zero-order valence-corrected chi connectivity index (χ0v) is 16.2. The maximum Gasteiger partial charge on any atom is 0.273 e. The van der Waals surface area contributed by atoms with Crippen LogP contribution in [0.1, 0.15) is 25.0 Å². The summed E-state index contributed by atoms with van der Waals surface area (Å²) < 4.78 is 1.48. The molecule has 0 aromatic carbocycles. The van der Waals surface area contributed by atoms with E-state index in [0.717, 1.165) is 36.6 Å². The summed E-state index contributed by atoms with van der Waals surface area (Å²) >= 11 is 5.91. The Balaban J connectivity index is 1.37. The van der Waals surface area contributed by atoms with E-state index >= 15 is 0 Å². The molecule has 0 radical (unpaired) electrons. The first kappa shape index (κ1) is 18.4. The van der Waals surface area contributed by atoms with E-state index in [9.17, 15) is 4.79 Å². The Morgan fingerprint density at radius 1 is 1.00 bits per heavy atom. The van der Waals surface area contributed by atoms with E-state index < -0.39 is 0 Å². The van der Waals surface area contributed by atoms with Crippen LogP contribution in [-0.2, 0) is 0 Å². The van der Waals surface area contributed by atoms with Gasteiger partial charge in [-0.25, -0.2) is 9.97 Å². The molecule has 8 heteroatoms. The zero-order valence-electron chi connectivity index (χ0n) is 15.5. The molecule has 144 valence electrons. The molecule has 3 aromatic rings. The molecule has 0 spiro atoms. The summed E-state index contributed by atoms with van der Waals surface area (Å²) in [6, 6.07) is 7.76. The second-order valence-electron chi connectivity index (χ2n) is 6.97. The summed E-state index contributed by atoms with van der Waals surface area (Å²) in [6.45, 7) is 1.92. The Bertz CT molecular complexity index is 1000. The van der Waals surface area contributed by atoms with Crippen LogP contribution in [-0.4, -0.2) is 31.6 Å². The molecule has 0 aliphatic heterocycles. The zero-order chi connectivity index (χ0) is 19.5. The lowest BCUT2D eigenvalue weighted by Gasteiger charge is -2.16. The number of hydrogen-bond acceptors (Lipinski definition) is 6. The average molecular weight is 397 g/mol. The average Bonchev–Trinajstić information content (AvgIpc) is 3.13. The van der Waals surface area contributed by atoms with E-state index in [-0.39, 0.29) is 10.6 Å². The summed E-state index contributed by atoms with van der Waals surface area (Å²) in [5.41, 5.74) is 1.34. The summed E-state index contributed by atoms with van der Waals surface area (Å²) in [6.07, 6.45) is 9.98. The van der Waals surface area contributed by atoms with Crippen molar-refractivity contribution in [2.24, 2.45) is 0 Å². The number of anilines is 2. The molecule has 1 saturated carbocycles. The molecule has 0 amide bonds. The standard InChI is InChI=1S/C20H21ClN6O/c1-13-10-23-19(12-22-13)26-15-5-4-14(9-15)25-18-7-6-16(11-24-18)27-8-2-3-17(21)20(27)28/h2-3,6-8,10-12,14-15H,4-5,9H2,1H3,(H,23,26)(H,24,25)/t14-,15-/m0/s1. The third-order valence-corrected chi connectivity index (χ3v) is 5.13. The van der Waals surface area contributed by atoms with Crippen molar-refractivity contribution in [1.82, 2.24) is 19.5 Å². The molecule has 3 aromatic heterocycles.